The quantitative estimate of drug-likeness (QED) is 0.687. The standard InChI is InChI=1S/C8H18N2O2S/c1-6(2)10-8(4)5-7(3)9-13(10,11)12/h6-9H,5H2,1-4H3. The van der Waals surface area contributed by atoms with Gasteiger partial charge in [0.05, 0.1) is 0 Å². The minimum atomic E-state index is -3.24. The zero-order chi connectivity index (χ0) is 10.2. The molecule has 4 nitrogen and oxygen atoms in total. The van der Waals surface area contributed by atoms with Crippen LogP contribution in [0, 0.1) is 0 Å². The summed E-state index contributed by atoms with van der Waals surface area (Å²) in [6, 6.07) is 0.177. The second-order valence-electron chi connectivity index (χ2n) is 4.03. The van der Waals surface area contributed by atoms with Crippen molar-refractivity contribution in [1.82, 2.24) is 9.03 Å². The van der Waals surface area contributed by atoms with E-state index in [-0.39, 0.29) is 18.1 Å². The Morgan fingerprint density at radius 3 is 2.31 bits per heavy atom. The summed E-state index contributed by atoms with van der Waals surface area (Å²) in [4.78, 5) is 0. The third-order valence-electron chi connectivity index (χ3n) is 2.27. The first-order valence-corrected chi connectivity index (χ1v) is 6.09. The van der Waals surface area contributed by atoms with Gasteiger partial charge in [-0.1, -0.05) is 0 Å². The van der Waals surface area contributed by atoms with E-state index in [1.54, 1.807) is 0 Å². The molecule has 0 aromatic rings. The number of hydrogen-bond acceptors (Lipinski definition) is 2. The molecule has 0 spiro atoms. The monoisotopic (exact) mass is 206 g/mol. The van der Waals surface area contributed by atoms with Gasteiger partial charge in [-0.05, 0) is 34.1 Å². The van der Waals surface area contributed by atoms with Crippen molar-refractivity contribution in [3.63, 3.8) is 0 Å². The summed E-state index contributed by atoms with van der Waals surface area (Å²) in [5.41, 5.74) is 0. The summed E-state index contributed by atoms with van der Waals surface area (Å²) in [6.07, 6.45) is 0.872. The molecule has 78 valence electrons. The first-order chi connectivity index (χ1) is 5.84. The van der Waals surface area contributed by atoms with Crippen LogP contribution in [0.4, 0.5) is 0 Å². The summed E-state index contributed by atoms with van der Waals surface area (Å²) >= 11 is 0. The summed E-state index contributed by atoms with van der Waals surface area (Å²) in [6.45, 7) is 7.64. The van der Waals surface area contributed by atoms with Crippen LogP contribution in [-0.4, -0.2) is 30.8 Å². The second kappa shape index (κ2) is 3.55. The number of nitrogens with one attached hydrogen (secondary N) is 1. The van der Waals surface area contributed by atoms with Gasteiger partial charge in [0.15, 0.2) is 0 Å². The Morgan fingerprint density at radius 1 is 1.38 bits per heavy atom. The molecule has 13 heavy (non-hydrogen) atoms. The Balaban J connectivity index is 2.93. The predicted octanol–water partition coefficient (Wildman–Crippen LogP) is 0.712. The van der Waals surface area contributed by atoms with Gasteiger partial charge < -0.3 is 0 Å². The van der Waals surface area contributed by atoms with E-state index >= 15 is 0 Å². The van der Waals surface area contributed by atoms with Gasteiger partial charge in [-0.3, -0.25) is 0 Å². The van der Waals surface area contributed by atoms with Crippen molar-refractivity contribution in [3.8, 4) is 0 Å². The fourth-order valence-corrected chi connectivity index (χ4v) is 3.84. The molecule has 1 fully saturated rings. The van der Waals surface area contributed by atoms with E-state index in [0.717, 1.165) is 6.42 Å². The third-order valence-corrected chi connectivity index (χ3v) is 4.30. The SMILES string of the molecule is CC1CC(C)N(C(C)C)S(=O)(=O)N1. The molecule has 0 radical (unpaired) electrons. The van der Waals surface area contributed by atoms with E-state index in [9.17, 15) is 8.42 Å². The molecule has 1 aliphatic rings. The maximum Gasteiger partial charge on any atom is 0.280 e. The van der Waals surface area contributed by atoms with Gasteiger partial charge in [-0.15, -0.1) is 0 Å². The first-order valence-electron chi connectivity index (χ1n) is 4.65. The van der Waals surface area contributed by atoms with Crippen LogP contribution in [0.15, 0.2) is 0 Å². The molecule has 5 heteroatoms. The van der Waals surface area contributed by atoms with Crippen molar-refractivity contribution < 1.29 is 8.42 Å². The van der Waals surface area contributed by atoms with E-state index in [1.165, 1.54) is 4.31 Å². The Kier molecular flexibility index (Phi) is 2.99. The maximum atomic E-state index is 11.7. The first kappa shape index (κ1) is 10.9. The van der Waals surface area contributed by atoms with Crippen molar-refractivity contribution in [2.75, 3.05) is 0 Å². The molecule has 1 N–H and O–H groups in total. The molecule has 2 unspecified atom stereocenters. The normalized spacial score (nSPS) is 35.2. The Bertz CT molecular complexity index is 274. The summed E-state index contributed by atoms with van der Waals surface area (Å²) in [5, 5.41) is 0. The van der Waals surface area contributed by atoms with E-state index < -0.39 is 10.2 Å². The highest BCUT2D eigenvalue weighted by Gasteiger charge is 2.36. The lowest BCUT2D eigenvalue weighted by Crippen LogP contribution is -2.57. The van der Waals surface area contributed by atoms with Crippen LogP contribution in [0.2, 0.25) is 0 Å². The second-order valence-corrected chi connectivity index (χ2v) is 5.64. The molecular formula is C8H18N2O2S. The van der Waals surface area contributed by atoms with Crippen LogP contribution in [0.1, 0.15) is 34.1 Å². The van der Waals surface area contributed by atoms with E-state index in [2.05, 4.69) is 4.72 Å². The Morgan fingerprint density at radius 2 is 1.92 bits per heavy atom. The molecule has 1 saturated heterocycles. The molecule has 0 amide bonds. The molecule has 2 atom stereocenters. The van der Waals surface area contributed by atoms with E-state index in [1.807, 2.05) is 27.7 Å². The number of nitrogens with zero attached hydrogens (tertiary/aromatic N) is 1. The van der Waals surface area contributed by atoms with Crippen LogP contribution in [0.3, 0.4) is 0 Å². The molecule has 0 aromatic heterocycles. The topological polar surface area (TPSA) is 49.4 Å². The molecular weight excluding hydrogens is 188 g/mol. The minimum Gasteiger partial charge on any atom is -0.199 e. The fourth-order valence-electron chi connectivity index (χ4n) is 2.00. The largest absolute Gasteiger partial charge is 0.280 e. The van der Waals surface area contributed by atoms with Crippen LogP contribution in [-0.2, 0) is 10.2 Å². The van der Waals surface area contributed by atoms with Crippen molar-refractivity contribution in [2.45, 2.75) is 52.2 Å². The van der Waals surface area contributed by atoms with Gasteiger partial charge in [-0.25, -0.2) is 0 Å². The molecule has 1 heterocycles. The lowest BCUT2D eigenvalue weighted by Gasteiger charge is -2.38. The highest BCUT2D eigenvalue weighted by atomic mass is 32.2. The van der Waals surface area contributed by atoms with Gasteiger partial charge in [0.1, 0.15) is 0 Å². The zero-order valence-electron chi connectivity index (χ0n) is 8.61. The van der Waals surface area contributed by atoms with Crippen LogP contribution >= 0.6 is 0 Å². The Labute approximate surface area is 80.5 Å². The van der Waals surface area contributed by atoms with Crippen molar-refractivity contribution in [3.05, 3.63) is 0 Å². The van der Waals surface area contributed by atoms with E-state index in [0.29, 0.717) is 0 Å². The van der Waals surface area contributed by atoms with Gasteiger partial charge in [-0.2, -0.15) is 17.4 Å². The molecule has 0 aliphatic carbocycles. The number of rotatable bonds is 1. The maximum absolute atomic E-state index is 11.7. The summed E-state index contributed by atoms with van der Waals surface area (Å²) < 4.78 is 27.5. The molecule has 0 aromatic carbocycles. The van der Waals surface area contributed by atoms with Crippen molar-refractivity contribution in [1.29, 1.82) is 0 Å². The summed E-state index contributed by atoms with van der Waals surface area (Å²) in [7, 11) is -3.24. The highest BCUT2D eigenvalue weighted by Crippen LogP contribution is 2.20. The lowest BCUT2D eigenvalue weighted by molar-refractivity contribution is 0.236. The molecule has 1 aliphatic heterocycles. The third kappa shape index (κ3) is 2.21. The average Bonchev–Trinajstić information content (AvgIpc) is 1.78. The van der Waals surface area contributed by atoms with Crippen LogP contribution < -0.4 is 4.72 Å². The van der Waals surface area contributed by atoms with Crippen molar-refractivity contribution in [2.24, 2.45) is 0 Å². The Hall–Kier alpha value is -0.130. The van der Waals surface area contributed by atoms with Crippen molar-refractivity contribution >= 4 is 10.2 Å². The minimum absolute atomic E-state index is 0.0278. The highest BCUT2D eigenvalue weighted by molar-refractivity contribution is 7.87. The summed E-state index contributed by atoms with van der Waals surface area (Å²) in [5.74, 6) is 0. The molecule has 0 saturated carbocycles. The van der Waals surface area contributed by atoms with Gasteiger partial charge in [0.25, 0.3) is 10.2 Å². The average molecular weight is 206 g/mol. The molecule has 0 bridgehead atoms. The van der Waals surface area contributed by atoms with Crippen LogP contribution in [0.25, 0.3) is 0 Å². The van der Waals surface area contributed by atoms with E-state index in [4.69, 9.17) is 0 Å². The lowest BCUT2D eigenvalue weighted by atomic mass is 10.1. The fraction of sp³-hybridized carbons (Fsp3) is 1.00. The number of hydrogen-bond donors (Lipinski definition) is 1. The van der Waals surface area contributed by atoms with Gasteiger partial charge >= 0.3 is 0 Å². The van der Waals surface area contributed by atoms with Gasteiger partial charge in [0, 0.05) is 18.1 Å². The predicted molar refractivity (Wildman–Crippen MR) is 52.6 cm³/mol. The smallest absolute Gasteiger partial charge is 0.199 e. The molecule has 1 rings (SSSR count). The zero-order valence-corrected chi connectivity index (χ0v) is 9.43. The van der Waals surface area contributed by atoms with Crippen LogP contribution in [0.5, 0.6) is 0 Å². The van der Waals surface area contributed by atoms with Gasteiger partial charge in [0.2, 0.25) is 0 Å².